The number of nitrogens with zero attached hydrogens (tertiary/aromatic N) is 5. The zero-order valence-corrected chi connectivity index (χ0v) is 49.3. The molecule has 0 radical (unpaired) electrons. The minimum absolute atomic E-state index is 0.0201. The second-order valence-electron chi connectivity index (χ2n) is 22.9. The first kappa shape index (κ1) is 63.2. The van der Waals surface area contributed by atoms with Gasteiger partial charge >= 0.3 is 12.3 Å². The molecule has 18 nitrogen and oxygen atoms in total. The van der Waals surface area contributed by atoms with Crippen LogP contribution in [0.1, 0.15) is 138 Å². The average Bonchev–Trinajstić information content (AvgIpc) is 4.16. The van der Waals surface area contributed by atoms with Crippen LogP contribution in [0.5, 0.6) is 5.75 Å². The molecule has 3 atom stereocenters. The molecule has 3 fully saturated rings. The number of amides is 7. The van der Waals surface area contributed by atoms with Crippen LogP contribution in [-0.4, -0.2) is 130 Å². The number of halogens is 3. The van der Waals surface area contributed by atoms with E-state index in [1.165, 1.54) is 25.3 Å². The highest BCUT2D eigenvalue weighted by Crippen LogP contribution is 2.41. The Balaban J connectivity index is 0.906. The van der Waals surface area contributed by atoms with Crippen molar-refractivity contribution >= 4 is 69.1 Å². The van der Waals surface area contributed by atoms with E-state index in [4.69, 9.17) is 14.5 Å². The van der Waals surface area contributed by atoms with Gasteiger partial charge in [0.2, 0.25) is 29.5 Å². The van der Waals surface area contributed by atoms with Crippen molar-refractivity contribution < 1.29 is 56.2 Å². The number of hydrogen-bond acceptors (Lipinski definition) is 12. The van der Waals surface area contributed by atoms with Gasteiger partial charge in [-0.2, -0.15) is 13.2 Å². The normalized spacial score (nSPS) is 18.4. The number of rotatable bonds is 21. The van der Waals surface area contributed by atoms with Gasteiger partial charge < -0.3 is 40.5 Å². The van der Waals surface area contributed by atoms with Gasteiger partial charge in [-0.25, -0.2) is 14.8 Å². The lowest BCUT2D eigenvalue weighted by atomic mass is 9.81. The van der Waals surface area contributed by atoms with Gasteiger partial charge in [0.1, 0.15) is 45.9 Å². The molecule has 2 aromatic heterocycles. The summed E-state index contributed by atoms with van der Waals surface area (Å²) < 4.78 is 50.5. The number of anilines is 2. The summed E-state index contributed by atoms with van der Waals surface area (Å²) in [6.07, 6.45) is 6.95. The standard InChI is InChI=1S/C61H78F3N9O9S/c1-38(72(6)59(80)82-60(2,3)4)53(76)68-52(43-21-12-9-13-22-43)57(79)73-32-15-23-47(73)55(78)70-56-51(42-19-10-8-11-20-42)69-58(83-56)67-49(74)24-16-31-71(5)50(75)34-40-17-14-18-41(33-40)36-66-54(77)46-35-44(48(81-7)37-65-46)28-25-39-26-29-45(30-27-39)61(62,63)64/h8,10-11,14,17-20,25,28,33,35,37-39,43,45,47,52H,9,12-13,15-16,21-24,26-27,29-32,34,36H2,1-7H3,(H,66,77)(H,68,76)(H,70,78)(H,67,69,74)/b28-25+/t38?,39-,45-,47-,52?/m0/s1. The van der Waals surface area contributed by atoms with Crippen LogP contribution >= 0.6 is 11.3 Å². The zero-order valence-electron chi connectivity index (χ0n) is 48.4. The number of alkyl halides is 3. The van der Waals surface area contributed by atoms with Crippen molar-refractivity contribution in [2.75, 3.05) is 44.9 Å². The van der Waals surface area contributed by atoms with Crippen molar-refractivity contribution in [3.63, 3.8) is 0 Å². The van der Waals surface area contributed by atoms with Crippen molar-refractivity contribution in [1.82, 2.24) is 35.3 Å². The Labute approximate surface area is 487 Å². The third-order valence-electron chi connectivity index (χ3n) is 15.6. The lowest BCUT2D eigenvalue weighted by molar-refractivity contribution is -0.183. The highest BCUT2D eigenvalue weighted by Gasteiger charge is 2.43. The summed E-state index contributed by atoms with van der Waals surface area (Å²) in [5, 5.41) is 12.4. The van der Waals surface area contributed by atoms with Crippen molar-refractivity contribution in [2.45, 2.75) is 154 Å². The molecule has 1 aliphatic heterocycles. The maximum atomic E-state index is 14.6. The van der Waals surface area contributed by atoms with Crippen LogP contribution in [0.25, 0.3) is 17.3 Å². The number of benzene rings is 2. The lowest BCUT2D eigenvalue weighted by Crippen LogP contribution is -2.58. The van der Waals surface area contributed by atoms with E-state index >= 15 is 0 Å². The predicted octanol–water partition coefficient (Wildman–Crippen LogP) is 10.2. The number of allylic oxidation sites excluding steroid dienone is 1. The smallest absolute Gasteiger partial charge is 0.410 e. The van der Waals surface area contributed by atoms with Crippen molar-refractivity contribution in [3.05, 3.63) is 95.3 Å². The van der Waals surface area contributed by atoms with E-state index in [1.807, 2.05) is 54.6 Å². The maximum absolute atomic E-state index is 14.6. The van der Waals surface area contributed by atoms with Crippen LogP contribution in [0.3, 0.4) is 0 Å². The Morgan fingerprint density at radius 3 is 2.27 bits per heavy atom. The van der Waals surface area contributed by atoms with Crippen molar-refractivity contribution in [3.8, 4) is 17.0 Å². The molecule has 4 aromatic rings. The number of aromatic nitrogens is 2. The molecule has 3 aliphatic rings. The van der Waals surface area contributed by atoms with Crippen LogP contribution in [-0.2, 0) is 41.7 Å². The maximum Gasteiger partial charge on any atom is 0.410 e. The molecule has 2 saturated carbocycles. The van der Waals surface area contributed by atoms with E-state index in [9.17, 15) is 46.7 Å². The number of pyridine rings is 1. The number of methoxy groups -OCH3 is 1. The molecule has 2 unspecified atom stereocenters. The molecule has 83 heavy (non-hydrogen) atoms. The van der Waals surface area contributed by atoms with Gasteiger partial charge in [0.15, 0.2) is 5.13 Å². The first-order valence-corrected chi connectivity index (χ1v) is 29.4. The second kappa shape index (κ2) is 28.8. The van der Waals surface area contributed by atoms with Crippen molar-refractivity contribution in [2.24, 2.45) is 17.8 Å². The Bertz CT molecular complexity index is 2950. The van der Waals surface area contributed by atoms with Crippen LogP contribution < -0.4 is 26.0 Å². The molecule has 448 valence electrons. The molecule has 3 heterocycles. The SMILES string of the molecule is COc1cnc(C(=O)NCc2cccc(CC(=O)N(C)CCCC(=O)Nc3nc(-c4ccccc4)c(NC(=O)[C@@H]4CCCN4C(=O)C(NC(=O)C(C)N(C)C(=O)OC(C)(C)C)C4CCCCC4)s3)c2)cc1/C=C/[C@H]1CC[C@H](C(F)(F)F)CC1. The summed E-state index contributed by atoms with van der Waals surface area (Å²) in [6, 6.07) is 15.3. The van der Waals surface area contributed by atoms with E-state index in [1.54, 1.807) is 62.8 Å². The van der Waals surface area contributed by atoms with Crippen LogP contribution in [0.4, 0.5) is 28.1 Å². The Morgan fingerprint density at radius 1 is 0.867 bits per heavy atom. The topological polar surface area (TPSA) is 222 Å². The molecule has 22 heteroatoms. The summed E-state index contributed by atoms with van der Waals surface area (Å²) in [5.74, 6) is -3.26. The number of carbonyl (C=O) groups is 7. The third-order valence-corrected chi connectivity index (χ3v) is 16.5. The number of thiazole rings is 1. The van der Waals surface area contributed by atoms with Gasteiger partial charge in [0.25, 0.3) is 5.91 Å². The fourth-order valence-corrected chi connectivity index (χ4v) is 11.6. The highest BCUT2D eigenvalue weighted by molar-refractivity contribution is 7.20. The first-order valence-electron chi connectivity index (χ1n) is 28.6. The predicted molar refractivity (Wildman–Crippen MR) is 311 cm³/mol. The van der Waals surface area contributed by atoms with Crippen molar-refractivity contribution in [1.29, 1.82) is 0 Å². The molecule has 2 aromatic carbocycles. The Hall–Kier alpha value is -7.36. The average molecular weight is 1170 g/mol. The number of likely N-dealkylation sites (N-methyl/N-ethyl adjacent to an activating group) is 2. The van der Waals surface area contributed by atoms with Crippen LogP contribution in [0.2, 0.25) is 0 Å². The monoisotopic (exact) mass is 1170 g/mol. The summed E-state index contributed by atoms with van der Waals surface area (Å²) in [5.41, 5.74) is 2.55. The van der Waals surface area contributed by atoms with E-state index in [0.717, 1.165) is 54.6 Å². The fourth-order valence-electron chi connectivity index (χ4n) is 10.7. The Kier molecular flexibility index (Phi) is 21.9. The molecule has 4 N–H and O–H groups in total. The highest BCUT2D eigenvalue weighted by atomic mass is 32.1. The summed E-state index contributed by atoms with van der Waals surface area (Å²) in [7, 11) is 4.62. The van der Waals surface area contributed by atoms with E-state index in [2.05, 4.69) is 26.3 Å². The zero-order chi connectivity index (χ0) is 60.0. The molecular weight excluding hydrogens is 1090 g/mol. The summed E-state index contributed by atoms with van der Waals surface area (Å²) in [4.78, 5) is 109. The number of hydrogen-bond donors (Lipinski definition) is 4. The van der Waals surface area contributed by atoms with Gasteiger partial charge in [0, 0.05) is 51.3 Å². The molecule has 2 aliphatic carbocycles. The second-order valence-corrected chi connectivity index (χ2v) is 23.9. The number of carbonyl (C=O) groups excluding carboxylic acids is 7. The number of nitrogens with one attached hydrogen (secondary N) is 4. The number of likely N-dealkylation sites (tertiary alicyclic amines) is 1. The Morgan fingerprint density at radius 2 is 1.58 bits per heavy atom. The molecule has 0 spiro atoms. The van der Waals surface area contributed by atoms with Gasteiger partial charge in [-0.3, -0.25) is 33.7 Å². The molecule has 0 bridgehead atoms. The van der Waals surface area contributed by atoms with Gasteiger partial charge in [-0.05, 0) is 115 Å². The first-order chi connectivity index (χ1) is 39.5. The lowest BCUT2D eigenvalue weighted by Gasteiger charge is -2.36. The summed E-state index contributed by atoms with van der Waals surface area (Å²) >= 11 is 1.09. The van der Waals surface area contributed by atoms with Crippen LogP contribution in [0.15, 0.2) is 72.9 Å². The van der Waals surface area contributed by atoms with E-state index in [-0.39, 0.29) is 79.2 Å². The van der Waals surface area contributed by atoms with E-state index < -0.39 is 59.6 Å². The molecule has 1 saturated heterocycles. The van der Waals surface area contributed by atoms with E-state index in [0.29, 0.717) is 66.2 Å². The minimum atomic E-state index is -4.18. The van der Waals surface area contributed by atoms with Gasteiger partial charge in [-0.15, -0.1) is 0 Å². The molecule has 7 amide bonds. The largest absolute Gasteiger partial charge is 0.495 e. The summed E-state index contributed by atoms with van der Waals surface area (Å²) in [6.45, 7) is 7.54. The van der Waals surface area contributed by atoms with Crippen LogP contribution in [0, 0.1) is 17.8 Å². The third kappa shape index (κ3) is 17.8. The molecular formula is C61H78F3N9O9S. The molecule has 7 rings (SSSR count). The quantitative estimate of drug-likeness (QED) is 0.0615. The van der Waals surface area contributed by atoms with Gasteiger partial charge in [0.05, 0.1) is 25.6 Å². The van der Waals surface area contributed by atoms with Gasteiger partial charge in [-0.1, -0.05) is 97.3 Å². The minimum Gasteiger partial charge on any atom is -0.495 e. The number of ether oxygens (including phenoxy) is 2. The fraction of sp³-hybridized carbons (Fsp3) is 0.525.